The molecule has 1 saturated heterocycles. The van der Waals surface area contributed by atoms with E-state index in [-0.39, 0.29) is 13.2 Å². The quantitative estimate of drug-likeness (QED) is 0.267. The molecule has 0 aromatic carbocycles. The summed E-state index contributed by atoms with van der Waals surface area (Å²) in [7, 11) is 13.2. The Hall–Kier alpha value is -0.930. The molecule has 1 heterocycles. The zero-order valence-electron chi connectivity index (χ0n) is 21.0. The van der Waals surface area contributed by atoms with Crippen LogP contribution in [-0.4, -0.2) is 138 Å². The molecule has 0 radical (unpaired) electrons. The van der Waals surface area contributed by atoms with Crippen molar-refractivity contribution in [2.75, 3.05) is 77.2 Å². The Morgan fingerprint density at radius 3 is 1.82 bits per heavy atom. The van der Waals surface area contributed by atoms with Crippen LogP contribution in [0, 0.1) is 0 Å². The molecule has 0 saturated carbocycles. The summed E-state index contributed by atoms with van der Waals surface area (Å²) >= 11 is 0. The number of rotatable bonds is 16. The summed E-state index contributed by atoms with van der Waals surface area (Å²) in [6.45, 7) is 0.362. The van der Waals surface area contributed by atoms with Crippen LogP contribution in [0.3, 0.4) is 0 Å². The standard InChI is InChI=1S/C21H40O12/c1-23-10-12(25-3)15(17(28-6)18(29-7)20(22)31-9)33-21-19(30-8)16(27-5)14(26-4)13(32-21)11-24-2/h12-19,21H,10-11H2,1-9H3/t12?,13-,14+,15?,16+,17?,18?,19-,21+/m1/s1. The van der Waals surface area contributed by atoms with Crippen LogP contribution in [0.1, 0.15) is 0 Å². The number of carbonyl (C=O) groups is 1. The van der Waals surface area contributed by atoms with Crippen LogP contribution in [0.15, 0.2) is 0 Å². The molecule has 0 aliphatic carbocycles. The normalized spacial score (nSPS) is 29.3. The maximum Gasteiger partial charge on any atom is 0.337 e. The van der Waals surface area contributed by atoms with Crippen molar-refractivity contribution < 1.29 is 56.9 Å². The first-order valence-corrected chi connectivity index (χ1v) is 10.5. The van der Waals surface area contributed by atoms with Gasteiger partial charge in [-0.1, -0.05) is 0 Å². The maximum atomic E-state index is 12.4. The van der Waals surface area contributed by atoms with Gasteiger partial charge in [-0.05, 0) is 0 Å². The fourth-order valence-corrected chi connectivity index (χ4v) is 3.99. The Kier molecular flexibility index (Phi) is 14.5. The lowest BCUT2D eigenvalue weighted by molar-refractivity contribution is -0.337. The SMILES string of the molecule is COCC(OC)C(O[C@@H]1O[C@H](COC)[C@H](OC)[C@H](OC)[C@H]1OC)C(OC)C(OC)C(=O)OC. The van der Waals surface area contributed by atoms with E-state index in [9.17, 15) is 4.79 Å². The Morgan fingerprint density at radius 2 is 1.39 bits per heavy atom. The second-order valence-electron chi connectivity index (χ2n) is 7.31. The third-order valence-electron chi connectivity index (χ3n) is 5.61. The van der Waals surface area contributed by atoms with Crippen LogP contribution in [0.25, 0.3) is 0 Å². The third-order valence-corrected chi connectivity index (χ3v) is 5.61. The molecule has 0 amide bonds. The first kappa shape index (κ1) is 30.1. The van der Waals surface area contributed by atoms with Crippen LogP contribution in [-0.2, 0) is 56.9 Å². The zero-order chi connectivity index (χ0) is 25.0. The van der Waals surface area contributed by atoms with Gasteiger partial charge < -0.3 is 52.1 Å². The van der Waals surface area contributed by atoms with Crippen molar-refractivity contribution in [3.05, 3.63) is 0 Å². The monoisotopic (exact) mass is 484 g/mol. The van der Waals surface area contributed by atoms with E-state index in [0.29, 0.717) is 0 Å². The maximum absolute atomic E-state index is 12.4. The van der Waals surface area contributed by atoms with Gasteiger partial charge in [0, 0.05) is 56.9 Å². The van der Waals surface area contributed by atoms with Gasteiger partial charge in [-0.2, -0.15) is 0 Å². The van der Waals surface area contributed by atoms with Crippen molar-refractivity contribution in [3.8, 4) is 0 Å². The van der Waals surface area contributed by atoms with Gasteiger partial charge in [-0.15, -0.1) is 0 Å². The first-order chi connectivity index (χ1) is 15.9. The summed E-state index contributed by atoms with van der Waals surface area (Å²) in [5, 5.41) is 0. The van der Waals surface area contributed by atoms with Gasteiger partial charge in [0.15, 0.2) is 12.4 Å². The predicted molar refractivity (Wildman–Crippen MR) is 114 cm³/mol. The molecule has 1 rings (SSSR count). The smallest absolute Gasteiger partial charge is 0.337 e. The van der Waals surface area contributed by atoms with Gasteiger partial charge in [-0.3, -0.25) is 0 Å². The Labute approximate surface area is 195 Å². The minimum Gasteiger partial charge on any atom is -0.467 e. The minimum atomic E-state index is -1.11. The lowest BCUT2D eigenvalue weighted by Gasteiger charge is -2.46. The van der Waals surface area contributed by atoms with Crippen molar-refractivity contribution in [1.82, 2.24) is 0 Å². The summed E-state index contributed by atoms with van der Waals surface area (Å²) in [5.41, 5.74) is 0. The molecule has 4 unspecified atom stereocenters. The molecule has 0 spiro atoms. The van der Waals surface area contributed by atoms with Crippen molar-refractivity contribution in [1.29, 1.82) is 0 Å². The number of hydrogen-bond acceptors (Lipinski definition) is 12. The molecule has 12 nitrogen and oxygen atoms in total. The number of carbonyl (C=O) groups excluding carboxylic acids is 1. The lowest BCUT2D eigenvalue weighted by Crippen LogP contribution is -2.63. The van der Waals surface area contributed by atoms with E-state index < -0.39 is 61.1 Å². The average molecular weight is 485 g/mol. The minimum absolute atomic E-state index is 0.138. The Bertz CT molecular complexity index is 535. The third kappa shape index (κ3) is 7.52. The number of methoxy groups -OCH3 is 9. The highest BCUT2D eigenvalue weighted by atomic mass is 16.7. The van der Waals surface area contributed by atoms with E-state index in [4.69, 9.17) is 52.1 Å². The van der Waals surface area contributed by atoms with E-state index in [0.717, 1.165) is 0 Å². The van der Waals surface area contributed by atoms with Gasteiger partial charge in [0.2, 0.25) is 0 Å². The molecular weight excluding hydrogens is 444 g/mol. The van der Waals surface area contributed by atoms with Gasteiger partial charge in [0.05, 0.1) is 20.3 Å². The predicted octanol–water partition coefficient (Wildman–Crippen LogP) is -0.348. The van der Waals surface area contributed by atoms with Crippen LogP contribution in [0.4, 0.5) is 0 Å². The number of esters is 1. The fourth-order valence-electron chi connectivity index (χ4n) is 3.99. The number of hydrogen-bond donors (Lipinski definition) is 0. The summed E-state index contributed by atoms with van der Waals surface area (Å²) in [5.74, 6) is -0.635. The van der Waals surface area contributed by atoms with E-state index in [2.05, 4.69) is 0 Å². The largest absolute Gasteiger partial charge is 0.467 e. The summed E-state index contributed by atoms with van der Waals surface area (Å²) < 4.78 is 61.6. The first-order valence-electron chi connectivity index (χ1n) is 10.5. The van der Waals surface area contributed by atoms with Crippen molar-refractivity contribution in [2.45, 2.75) is 55.1 Å². The van der Waals surface area contributed by atoms with Gasteiger partial charge in [0.25, 0.3) is 0 Å². The van der Waals surface area contributed by atoms with E-state index in [1.54, 1.807) is 21.3 Å². The molecule has 0 aromatic rings. The molecule has 33 heavy (non-hydrogen) atoms. The molecule has 0 N–H and O–H groups in total. The van der Waals surface area contributed by atoms with Crippen LogP contribution in [0.5, 0.6) is 0 Å². The van der Waals surface area contributed by atoms with Crippen molar-refractivity contribution in [2.24, 2.45) is 0 Å². The van der Waals surface area contributed by atoms with Crippen molar-refractivity contribution >= 4 is 5.97 Å². The molecule has 0 bridgehead atoms. The highest BCUT2D eigenvalue weighted by molar-refractivity contribution is 5.75. The summed E-state index contributed by atoms with van der Waals surface area (Å²) in [6, 6.07) is 0. The topological polar surface area (TPSA) is 119 Å². The molecule has 12 heteroatoms. The highest BCUT2D eigenvalue weighted by Gasteiger charge is 2.51. The van der Waals surface area contributed by atoms with E-state index >= 15 is 0 Å². The van der Waals surface area contributed by atoms with E-state index in [1.807, 2.05) is 0 Å². The lowest BCUT2D eigenvalue weighted by atomic mass is 9.97. The van der Waals surface area contributed by atoms with Crippen molar-refractivity contribution in [3.63, 3.8) is 0 Å². The number of ether oxygens (including phenoxy) is 11. The fraction of sp³-hybridized carbons (Fsp3) is 0.952. The van der Waals surface area contributed by atoms with Gasteiger partial charge in [-0.25, -0.2) is 4.79 Å². The van der Waals surface area contributed by atoms with Crippen LogP contribution >= 0.6 is 0 Å². The van der Waals surface area contributed by atoms with Gasteiger partial charge >= 0.3 is 5.97 Å². The zero-order valence-corrected chi connectivity index (χ0v) is 21.0. The molecule has 1 aliphatic rings. The molecule has 1 aliphatic heterocycles. The molecule has 9 atom stereocenters. The van der Waals surface area contributed by atoms with E-state index in [1.165, 1.54) is 42.7 Å². The molecule has 1 fully saturated rings. The van der Waals surface area contributed by atoms with Crippen LogP contribution < -0.4 is 0 Å². The Balaban J connectivity index is 3.38. The summed E-state index contributed by atoms with van der Waals surface area (Å²) in [4.78, 5) is 12.4. The second-order valence-corrected chi connectivity index (χ2v) is 7.31. The van der Waals surface area contributed by atoms with Gasteiger partial charge in [0.1, 0.15) is 42.7 Å². The Morgan fingerprint density at radius 1 is 0.758 bits per heavy atom. The molecule has 196 valence electrons. The molecule has 0 aromatic heterocycles. The highest BCUT2D eigenvalue weighted by Crippen LogP contribution is 2.31. The van der Waals surface area contributed by atoms with Crippen LogP contribution in [0.2, 0.25) is 0 Å². The summed E-state index contributed by atoms with van der Waals surface area (Å²) in [6.07, 6.45) is -6.79. The average Bonchev–Trinajstić information content (AvgIpc) is 2.83. The second kappa shape index (κ2) is 15.9. The molecular formula is C21H40O12.